The Balaban J connectivity index is 1.44. The number of imide groups is 1. The number of esters is 1. The number of hydrogen-bond donors (Lipinski definition) is 1. The number of ether oxygens (including phenoxy) is 1. The topological polar surface area (TPSA) is 92.8 Å². The number of benzene rings is 1. The van der Waals surface area contributed by atoms with Gasteiger partial charge in [-0.3, -0.25) is 24.1 Å². The first-order chi connectivity index (χ1) is 13.0. The van der Waals surface area contributed by atoms with E-state index < -0.39 is 25.0 Å². The molecule has 2 fully saturated rings. The lowest BCUT2D eigenvalue weighted by molar-refractivity contribution is -0.154. The lowest BCUT2D eigenvalue weighted by Gasteiger charge is -2.19. The minimum atomic E-state index is -0.749. The zero-order valence-corrected chi connectivity index (χ0v) is 15.4. The molecule has 1 saturated heterocycles. The number of rotatable bonds is 6. The highest BCUT2D eigenvalue weighted by Crippen LogP contribution is 2.37. The normalized spacial score (nSPS) is 21.7. The van der Waals surface area contributed by atoms with Crippen molar-refractivity contribution in [1.82, 2.24) is 10.2 Å². The van der Waals surface area contributed by atoms with E-state index in [4.69, 9.17) is 4.74 Å². The molecule has 2 aliphatic rings. The van der Waals surface area contributed by atoms with Crippen LogP contribution in [0, 0.1) is 18.8 Å². The third-order valence-corrected chi connectivity index (χ3v) is 5.32. The quantitative estimate of drug-likeness (QED) is 0.601. The van der Waals surface area contributed by atoms with Crippen LogP contribution in [-0.4, -0.2) is 41.7 Å². The van der Waals surface area contributed by atoms with Gasteiger partial charge in [-0.1, -0.05) is 37.1 Å². The molecule has 1 aromatic carbocycles. The smallest absolute Gasteiger partial charge is 0.326 e. The zero-order valence-electron chi connectivity index (χ0n) is 15.4. The van der Waals surface area contributed by atoms with Crippen LogP contribution in [0.2, 0.25) is 0 Å². The molecule has 1 aliphatic carbocycles. The van der Waals surface area contributed by atoms with Crippen molar-refractivity contribution >= 4 is 23.7 Å². The van der Waals surface area contributed by atoms with Gasteiger partial charge in [0.05, 0.1) is 11.8 Å². The van der Waals surface area contributed by atoms with Crippen LogP contribution in [0.25, 0.3) is 0 Å². The molecule has 1 aromatic rings. The summed E-state index contributed by atoms with van der Waals surface area (Å²) in [6.45, 7) is 1.43. The lowest BCUT2D eigenvalue weighted by atomic mass is 9.81. The minimum Gasteiger partial charge on any atom is -0.454 e. The number of nitrogens with one attached hydrogen (secondary N) is 1. The van der Waals surface area contributed by atoms with Crippen LogP contribution in [0.4, 0.5) is 0 Å². The Hall–Kier alpha value is -2.70. The molecule has 27 heavy (non-hydrogen) atoms. The van der Waals surface area contributed by atoms with E-state index in [1.807, 2.05) is 31.2 Å². The predicted molar refractivity (Wildman–Crippen MR) is 96.2 cm³/mol. The lowest BCUT2D eigenvalue weighted by Crippen LogP contribution is -2.38. The molecule has 7 nitrogen and oxygen atoms in total. The van der Waals surface area contributed by atoms with Crippen LogP contribution in [0.3, 0.4) is 0 Å². The highest BCUT2D eigenvalue weighted by atomic mass is 16.5. The van der Waals surface area contributed by atoms with Crippen molar-refractivity contribution < 1.29 is 23.9 Å². The van der Waals surface area contributed by atoms with Gasteiger partial charge < -0.3 is 10.1 Å². The van der Waals surface area contributed by atoms with Crippen molar-refractivity contribution in [3.05, 3.63) is 35.4 Å². The van der Waals surface area contributed by atoms with Crippen molar-refractivity contribution in [3.63, 3.8) is 0 Å². The SMILES string of the molecule is Cc1ccccc1CNC(=O)COC(=O)CN1C(=O)[C@H]2CCCC[C@H]2C1=O. The Morgan fingerprint density at radius 2 is 1.74 bits per heavy atom. The van der Waals surface area contributed by atoms with Crippen LogP contribution in [0.5, 0.6) is 0 Å². The first-order valence-corrected chi connectivity index (χ1v) is 9.29. The first kappa shape index (κ1) is 19.1. The molecule has 7 heteroatoms. The molecule has 1 saturated carbocycles. The van der Waals surface area contributed by atoms with E-state index in [1.165, 1.54) is 0 Å². The van der Waals surface area contributed by atoms with Crippen LogP contribution in [-0.2, 0) is 30.5 Å². The molecular weight excluding hydrogens is 348 g/mol. The second kappa shape index (κ2) is 8.33. The van der Waals surface area contributed by atoms with E-state index >= 15 is 0 Å². The molecule has 0 spiro atoms. The van der Waals surface area contributed by atoms with E-state index in [2.05, 4.69) is 5.32 Å². The molecule has 3 amide bonds. The number of aryl methyl sites for hydroxylation is 1. The average Bonchev–Trinajstić information content (AvgIpc) is 2.91. The summed E-state index contributed by atoms with van der Waals surface area (Å²) in [5.74, 6) is -2.34. The number of fused-ring (bicyclic) bond motifs is 1. The maximum absolute atomic E-state index is 12.3. The van der Waals surface area contributed by atoms with E-state index in [0.29, 0.717) is 19.4 Å². The van der Waals surface area contributed by atoms with E-state index in [9.17, 15) is 19.2 Å². The van der Waals surface area contributed by atoms with Gasteiger partial charge in [-0.2, -0.15) is 0 Å². The van der Waals surface area contributed by atoms with Gasteiger partial charge in [0.25, 0.3) is 5.91 Å². The van der Waals surface area contributed by atoms with Gasteiger partial charge in [-0.05, 0) is 30.9 Å². The third-order valence-electron chi connectivity index (χ3n) is 5.32. The summed E-state index contributed by atoms with van der Waals surface area (Å²) in [6, 6.07) is 7.66. The number of carbonyl (C=O) groups excluding carboxylic acids is 4. The fourth-order valence-electron chi connectivity index (χ4n) is 3.76. The Kier molecular flexibility index (Phi) is 5.88. The minimum absolute atomic E-state index is 0.286. The summed E-state index contributed by atoms with van der Waals surface area (Å²) in [7, 11) is 0. The van der Waals surface area contributed by atoms with Crippen molar-refractivity contribution in [2.75, 3.05) is 13.2 Å². The Labute approximate surface area is 158 Å². The van der Waals surface area contributed by atoms with Gasteiger partial charge in [0, 0.05) is 6.54 Å². The van der Waals surface area contributed by atoms with Gasteiger partial charge in [-0.15, -0.1) is 0 Å². The average molecular weight is 372 g/mol. The first-order valence-electron chi connectivity index (χ1n) is 9.29. The molecule has 3 rings (SSSR count). The number of hydrogen-bond acceptors (Lipinski definition) is 5. The van der Waals surface area contributed by atoms with E-state index in [-0.39, 0.29) is 23.7 Å². The molecule has 1 N–H and O–H groups in total. The summed E-state index contributed by atoms with van der Waals surface area (Å²) >= 11 is 0. The standard InChI is InChI=1S/C20H24N2O5/c1-13-6-2-3-7-14(13)10-21-17(23)12-27-18(24)11-22-19(25)15-8-4-5-9-16(15)20(22)26/h2-3,6-7,15-16H,4-5,8-12H2,1H3,(H,21,23)/t15-,16+. The molecule has 1 aliphatic heterocycles. The number of likely N-dealkylation sites (tertiary alicyclic amines) is 1. The molecule has 0 aromatic heterocycles. The maximum Gasteiger partial charge on any atom is 0.326 e. The molecule has 0 unspecified atom stereocenters. The van der Waals surface area contributed by atoms with Crippen LogP contribution >= 0.6 is 0 Å². The largest absolute Gasteiger partial charge is 0.454 e. The summed E-state index contributed by atoms with van der Waals surface area (Å²) in [5, 5.41) is 2.68. The Morgan fingerprint density at radius 1 is 1.11 bits per heavy atom. The summed E-state index contributed by atoms with van der Waals surface area (Å²) in [6.07, 6.45) is 3.25. The number of nitrogens with zero attached hydrogens (tertiary/aromatic N) is 1. The molecule has 0 radical (unpaired) electrons. The third kappa shape index (κ3) is 4.35. The Morgan fingerprint density at radius 3 is 2.37 bits per heavy atom. The summed E-state index contributed by atoms with van der Waals surface area (Å²) < 4.78 is 4.94. The highest BCUT2D eigenvalue weighted by molar-refractivity contribution is 6.07. The van der Waals surface area contributed by atoms with Gasteiger partial charge in [0.2, 0.25) is 11.8 Å². The fourth-order valence-corrected chi connectivity index (χ4v) is 3.76. The van der Waals surface area contributed by atoms with Crippen LogP contribution in [0.1, 0.15) is 36.8 Å². The van der Waals surface area contributed by atoms with Gasteiger partial charge >= 0.3 is 5.97 Å². The second-order valence-corrected chi connectivity index (χ2v) is 7.12. The van der Waals surface area contributed by atoms with Gasteiger partial charge in [0.15, 0.2) is 6.61 Å². The summed E-state index contributed by atoms with van der Waals surface area (Å²) in [4.78, 5) is 49.5. The van der Waals surface area contributed by atoms with E-state index in [1.54, 1.807) is 0 Å². The molecule has 0 bridgehead atoms. The fraction of sp³-hybridized carbons (Fsp3) is 0.500. The number of carbonyl (C=O) groups is 4. The van der Waals surface area contributed by atoms with Gasteiger partial charge in [0.1, 0.15) is 6.54 Å². The molecular formula is C20H24N2O5. The maximum atomic E-state index is 12.3. The monoisotopic (exact) mass is 372 g/mol. The second-order valence-electron chi connectivity index (χ2n) is 7.12. The zero-order chi connectivity index (χ0) is 19.4. The summed E-state index contributed by atoms with van der Waals surface area (Å²) in [5.41, 5.74) is 2.04. The molecule has 144 valence electrons. The predicted octanol–water partition coefficient (Wildman–Crippen LogP) is 1.33. The van der Waals surface area contributed by atoms with Crippen molar-refractivity contribution in [1.29, 1.82) is 0 Å². The van der Waals surface area contributed by atoms with Crippen LogP contribution in [0.15, 0.2) is 24.3 Å². The molecule has 2 atom stereocenters. The Bertz CT molecular complexity index is 736. The van der Waals surface area contributed by atoms with Crippen molar-refractivity contribution in [2.24, 2.45) is 11.8 Å². The van der Waals surface area contributed by atoms with E-state index in [0.717, 1.165) is 28.9 Å². The van der Waals surface area contributed by atoms with Crippen LogP contribution < -0.4 is 5.32 Å². The molecule has 1 heterocycles. The van der Waals surface area contributed by atoms with Crippen molar-refractivity contribution in [2.45, 2.75) is 39.2 Å². The van der Waals surface area contributed by atoms with Gasteiger partial charge in [-0.25, -0.2) is 0 Å². The van der Waals surface area contributed by atoms with Crippen molar-refractivity contribution in [3.8, 4) is 0 Å². The highest BCUT2D eigenvalue weighted by Gasteiger charge is 2.48. The number of amides is 3.